The van der Waals surface area contributed by atoms with Crippen molar-refractivity contribution in [2.24, 2.45) is 0 Å². The van der Waals surface area contributed by atoms with Crippen LogP contribution < -0.4 is 10.1 Å². The number of ether oxygens (including phenoxy) is 1. The quantitative estimate of drug-likeness (QED) is 0.405. The smallest absolute Gasteiger partial charge is 0.242 e. The summed E-state index contributed by atoms with van der Waals surface area (Å²) in [6.45, 7) is 3.43. The molecule has 30 heavy (non-hydrogen) atoms. The summed E-state index contributed by atoms with van der Waals surface area (Å²) in [5, 5.41) is 5.34. The highest BCUT2D eigenvalue weighted by atomic mass is 32.1. The summed E-state index contributed by atoms with van der Waals surface area (Å²) in [6, 6.07) is 20.3. The Bertz CT molecular complexity index is 1110. The van der Waals surface area contributed by atoms with E-state index < -0.39 is 0 Å². The first-order valence-corrected chi connectivity index (χ1v) is 11.3. The van der Waals surface area contributed by atoms with E-state index in [1.54, 1.807) is 11.3 Å². The first-order valence-electron chi connectivity index (χ1n) is 10.4. The number of nitrogens with zero attached hydrogens (tertiary/aromatic N) is 3. The molecule has 0 spiro atoms. The van der Waals surface area contributed by atoms with E-state index in [0.717, 1.165) is 28.2 Å². The molecule has 0 atom stereocenters. The van der Waals surface area contributed by atoms with Gasteiger partial charge in [0.25, 0.3) is 0 Å². The van der Waals surface area contributed by atoms with Crippen LogP contribution in [0.25, 0.3) is 10.2 Å². The van der Waals surface area contributed by atoms with Crippen molar-refractivity contribution in [3.8, 4) is 11.6 Å². The summed E-state index contributed by atoms with van der Waals surface area (Å²) in [4.78, 5) is 11.8. The summed E-state index contributed by atoms with van der Waals surface area (Å²) in [5.74, 6) is 1.87. The van der Waals surface area contributed by atoms with Gasteiger partial charge in [0.15, 0.2) is 0 Å². The zero-order chi connectivity index (χ0) is 20.2. The Morgan fingerprint density at radius 1 is 0.900 bits per heavy atom. The number of likely N-dealkylation sites (tertiary alicyclic amines) is 1. The summed E-state index contributed by atoms with van der Waals surface area (Å²) < 4.78 is 6.99. The number of benzene rings is 2. The molecule has 4 aromatic rings. The number of anilines is 2. The van der Waals surface area contributed by atoms with Crippen LogP contribution >= 0.6 is 11.3 Å². The normalized spacial score (nSPS) is 14.7. The maximum Gasteiger partial charge on any atom is 0.242 e. The number of para-hydroxylation sites is 1. The fourth-order valence-electron chi connectivity index (χ4n) is 3.76. The highest BCUT2D eigenvalue weighted by Gasteiger charge is 2.13. The monoisotopic (exact) mass is 416 g/mol. The summed E-state index contributed by atoms with van der Waals surface area (Å²) >= 11 is 1.58. The Labute approximate surface area is 180 Å². The molecule has 0 saturated carbocycles. The predicted molar refractivity (Wildman–Crippen MR) is 123 cm³/mol. The average molecular weight is 417 g/mol. The molecule has 1 N–H and O–H groups in total. The molecular formula is C24H24N4OS. The third-order valence-corrected chi connectivity index (χ3v) is 6.19. The van der Waals surface area contributed by atoms with Gasteiger partial charge in [-0.15, -0.1) is 11.3 Å². The number of rotatable bonds is 6. The molecule has 5 nitrogen and oxygen atoms in total. The zero-order valence-corrected chi connectivity index (χ0v) is 17.6. The van der Waals surface area contributed by atoms with Crippen LogP contribution in [-0.4, -0.2) is 28.0 Å². The minimum Gasteiger partial charge on any atom is -0.437 e. The molecule has 152 valence electrons. The number of hydrogen-bond acceptors (Lipinski definition) is 6. The van der Waals surface area contributed by atoms with Crippen LogP contribution in [0.15, 0.2) is 66.0 Å². The first-order chi connectivity index (χ1) is 14.8. The molecule has 2 aromatic carbocycles. The first kappa shape index (κ1) is 19.0. The number of aromatic nitrogens is 2. The van der Waals surface area contributed by atoms with Gasteiger partial charge in [0.05, 0.1) is 5.52 Å². The third-order valence-electron chi connectivity index (χ3n) is 5.30. The second-order valence-corrected chi connectivity index (χ2v) is 8.48. The number of piperidine rings is 1. The average Bonchev–Trinajstić information content (AvgIpc) is 3.26. The summed E-state index contributed by atoms with van der Waals surface area (Å²) in [7, 11) is 0. The lowest BCUT2D eigenvalue weighted by Crippen LogP contribution is -2.29. The highest BCUT2D eigenvalue weighted by Crippen LogP contribution is 2.33. The Hall–Kier alpha value is -2.96. The molecule has 0 aliphatic carbocycles. The molecule has 5 rings (SSSR count). The standard InChI is InChI=1S/C24H24N4OS/c1-3-7-20(8-4-1)29-23-22-21(13-16-30-22)26-24(27-23)25-19-11-9-18(10-12-19)17-28-14-5-2-6-15-28/h1,3-4,7-13,16H,2,5-6,14-15,17H2,(H,25,26,27). The van der Waals surface area contributed by atoms with E-state index >= 15 is 0 Å². The number of fused-ring (bicyclic) bond motifs is 1. The second kappa shape index (κ2) is 8.81. The Kier molecular flexibility index (Phi) is 5.59. The van der Waals surface area contributed by atoms with Gasteiger partial charge in [0.1, 0.15) is 10.4 Å². The van der Waals surface area contributed by atoms with Gasteiger partial charge in [0, 0.05) is 12.2 Å². The van der Waals surface area contributed by atoms with Crippen molar-refractivity contribution in [2.45, 2.75) is 25.8 Å². The van der Waals surface area contributed by atoms with Gasteiger partial charge in [-0.05, 0) is 67.2 Å². The molecule has 0 amide bonds. The van der Waals surface area contributed by atoms with Crippen molar-refractivity contribution in [3.63, 3.8) is 0 Å². The maximum atomic E-state index is 6.05. The molecule has 0 unspecified atom stereocenters. The van der Waals surface area contributed by atoms with Gasteiger partial charge >= 0.3 is 0 Å². The number of thiophene rings is 1. The molecule has 1 saturated heterocycles. The van der Waals surface area contributed by atoms with Crippen LogP contribution in [0, 0.1) is 0 Å². The molecule has 1 aliphatic rings. The minimum absolute atomic E-state index is 0.538. The second-order valence-electron chi connectivity index (χ2n) is 7.56. The van der Waals surface area contributed by atoms with Crippen LogP contribution in [0.2, 0.25) is 0 Å². The van der Waals surface area contributed by atoms with Gasteiger partial charge in [0.2, 0.25) is 11.8 Å². The van der Waals surface area contributed by atoms with Gasteiger partial charge < -0.3 is 10.1 Å². The van der Waals surface area contributed by atoms with Crippen LogP contribution in [-0.2, 0) is 6.54 Å². The zero-order valence-electron chi connectivity index (χ0n) is 16.8. The Morgan fingerprint density at radius 2 is 1.70 bits per heavy atom. The van der Waals surface area contributed by atoms with E-state index in [0.29, 0.717) is 11.8 Å². The Balaban J connectivity index is 1.33. The fourth-order valence-corrected chi connectivity index (χ4v) is 4.52. The SMILES string of the molecule is c1ccc(Oc2nc(Nc3ccc(CN4CCCCC4)cc3)nc3ccsc23)cc1. The molecule has 6 heteroatoms. The van der Waals surface area contributed by atoms with E-state index in [2.05, 4.69) is 44.5 Å². The van der Waals surface area contributed by atoms with E-state index in [1.165, 1.54) is 37.9 Å². The molecule has 0 bridgehead atoms. The molecule has 2 aromatic heterocycles. The number of nitrogens with one attached hydrogen (secondary N) is 1. The van der Waals surface area contributed by atoms with Crippen molar-refractivity contribution in [1.29, 1.82) is 0 Å². The van der Waals surface area contributed by atoms with E-state index in [1.807, 2.05) is 41.8 Å². The summed E-state index contributed by atoms with van der Waals surface area (Å²) in [6.07, 6.45) is 3.99. The van der Waals surface area contributed by atoms with Crippen LogP contribution in [0.5, 0.6) is 11.6 Å². The van der Waals surface area contributed by atoms with E-state index in [9.17, 15) is 0 Å². The van der Waals surface area contributed by atoms with Crippen molar-refractivity contribution >= 4 is 33.2 Å². The minimum atomic E-state index is 0.538. The summed E-state index contributed by atoms with van der Waals surface area (Å²) in [5.41, 5.74) is 3.19. The lowest BCUT2D eigenvalue weighted by molar-refractivity contribution is 0.221. The van der Waals surface area contributed by atoms with Crippen LogP contribution in [0.1, 0.15) is 24.8 Å². The largest absolute Gasteiger partial charge is 0.437 e. The van der Waals surface area contributed by atoms with Crippen molar-refractivity contribution in [3.05, 3.63) is 71.6 Å². The third kappa shape index (κ3) is 4.45. The molecule has 1 fully saturated rings. The van der Waals surface area contributed by atoms with Crippen molar-refractivity contribution in [1.82, 2.24) is 14.9 Å². The molecule has 1 aliphatic heterocycles. The van der Waals surface area contributed by atoms with Crippen LogP contribution in [0.3, 0.4) is 0 Å². The van der Waals surface area contributed by atoms with E-state index in [-0.39, 0.29) is 0 Å². The molecule has 3 heterocycles. The van der Waals surface area contributed by atoms with Crippen molar-refractivity contribution < 1.29 is 4.74 Å². The van der Waals surface area contributed by atoms with Gasteiger partial charge in [-0.1, -0.05) is 36.8 Å². The van der Waals surface area contributed by atoms with Gasteiger partial charge in [-0.3, -0.25) is 4.90 Å². The van der Waals surface area contributed by atoms with Crippen molar-refractivity contribution in [2.75, 3.05) is 18.4 Å². The lowest BCUT2D eigenvalue weighted by Gasteiger charge is -2.26. The lowest BCUT2D eigenvalue weighted by atomic mass is 10.1. The van der Waals surface area contributed by atoms with Gasteiger partial charge in [-0.25, -0.2) is 4.98 Å². The molecule has 0 radical (unpaired) electrons. The maximum absolute atomic E-state index is 6.05. The molecular weight excluding hydrogens is 392 g/mol. The predicted octanol–water partition coefficient (Wildman–Crippen LogP) is 6.21. The highest BCUT2D eigenvalue weighted by molar-refractivity contribution is 7.17. The van der Waals surface area contributed by atoms with E-state index in [4.69, 9.17) is 4.74 Å². The topological polar surface area (TPSA) is 50.3 Å². The van der Waals surface area contributed by atoms with Gasteiger partial charge in [-0.2, -0.15) is 4.98 Å². The number of hydrogen-bond donors (Lipinski definition) is 1. The fraction of sp³-hybridized carbons (Fsp3) is 0.250. The van der Waals surface area contributed by atoms with Crippen LogP contribution in [0.4, 0.5) is 11.6 Å². The Morgan fingerprint density at radius 3 is 2.50 bits per heavy atom.